The average molecular weight is 268 g/mol. The molecule has 3 nitrogen and oxygen atoms in total. The van der Waals surface area contributed by atoms with Gasteiger partial charge in [0.05, 0.1) is 16.6 Å². The molecule has 0 saturated heterocycles. The summed E-state index contributed by atoms with van der Waals surface area (Å²) in [5.74, 6) is 0.0616. The second kappa shape index (κ2) is 4.90. The quantitative estimate of drug-likeness (QED) is 0.683. The first-order valence-electron chi connectivity index (χ1n) is 6.03. The summed E-state index contributed by atoms with van der Waals surface area (Å²) in [5.41, 5.74) is 2.51. The molecule has 94 valence electrons. The molecule has 4 heteroatoms. The van der Waals surface area contributed by atoms with Crippen LogP contribution in [0.3, 0.4) is 0 Å². The van der Waals surface area contributed by atoms with E-state index < -0.39 is 0 Å². The maximum Gasteiger partial charge on any atom is 0.171 e. The number of hydrogen-bond acceptors (Lipinski definition) is 4. The third-order valence-corrected chi connectivity index (χ3v) is 3.92. The fourth-order valence-corrected chi connectivity index (χ4v) is 2.83. The highest BCUT2D eigenvalue weighted by Crippen LogP contribution is 2.22. The molecule has 0 amide bonds. The molecule has 0 bridgehead atoms. The Morgan fingerprint density at radius 3 is 2.79 bits per heavy atom. The third-order valence-electron chi connectivity index (χ3n) is 2.88. The van der Waals surface area contributed by atoms with Gasteiger partial charge in [0.15, 0.2) is 5.78 Å². The summed E-state index contributed by atoms with van der Waals surface area (Å²) in [4.78, 5) is 20.7. The van der Waals surface area contributed by atoms with Crippen LogP contribution in [-0.2, 0) is 6.42 Å². The van der Waals surface area contributed by atoms with E-state index in [1.54, 1.807) is 17.5 Å². The number of ketones is 1. The van der Waals surface area contributed by atoms with Gasteiger partial charge in [-0.2, -0.15) is 0 Å². The van der Waals surface area contributed by atoms with E-state index in [4.69, 9.17) is 0 Å². The molecular weight excluding hydrogens is 256 g/mol. The van der Waals surface area contributed by atoms with Crippen LogP contribution in [0.5, 0.6) is 0 Å². The highest BCUT2D eigenvalue weighted by atomic mass is 32.1. The van der Waals surface area contributed by atoms with Crippen LogP contribution in [0.2, 0.25) is 0 Å². The molecule has 0 aliphatic heterocycles. The van der Waals surface area contributed by atoms with E-state index in [2.05, 4.69) is 9.97 Å². The second-order valence-corrected chi connectivity index (χ2v) is 5.48. The Hall–Kier alpha value is -2.07. The van der Waals surface area contributed by atoms with Gasteiger partial charge in [-0.15, -0.1) is 11.3 Å². The third kappa shape index (κ3) is 2.53. The van der Waals surface area contributed by atoms with Gasteiger partial charge in [0.2, 0.25) is 0 Å². The number of rotatable bonds is 3. The van der Waals surface area contributed by atoms with Crippen molar-refractivity contribution in [2.75, 3.05) is 0 Å². The van der Waals surface area contributed by atoms with E-state index in [0.717, 1.165) is 20.9 Å². The molecule has 0 N–H and O–H groups in total. The molecule has 2 aromatic heterocycles. The molecule has 19 heavy (non-hydrogen) atoms. The summed E-state index contributed by atoms with van der Waals surface area (Å²) in [7, 11) is 0. The number of Topliss-reactive ketones (excluding diaryl/α,β-unsaturated/α-hetero) is 1. The van der Waals surface area contributed by atoms with Gasteiger partial charge in [0.25, 0.3) is 0 Å². The van der Waals surface area contributed by atoms with Gasteiger partial charge in [-0.05, 0) is 31.2 Å². The van der Waals surface area contributed by atoms with Crippen LogP contribution in [0.1, 0.15) is 21.1 Å². The molecule has 3 aromatic rings. The van der Waals surface area contributed by atoms with Crippen LogP contribution >= 0.6 is 11.3 Å². The van der Waals surface area contributed by atoms with Crippen molar-refractivity contribution in [3.05, 3.63) is 58.9 Å². The zero-order chi connectivity index (χ0) is 13.2. The number of aromatic nitrogens is 2. The van der Waals surface area contributed by atoms with Crippen molar-refractivity contribution in [1.29, 1.82) is 0 Å². The first kappa shape index (κ1) is 12.0. The zero-order valence-electron chi connectivity index (χ0n) is 10.5. The number of pyridine rings is 1. The molecule has 2 heterocycles. The minimum Gasteiger partial charge on any atom is -0.294 e. The maximum atomic E-state index is 12.1. The molecule has 0 saturated carbocycles. The van der Waals surface area contributed by atoms with Gasteiger partial charge in [-0.1, -0.05) is 12.1 Å². The van der Waals surface area contributed by atoms with E-state index >= 15 is 0 Å². The normalized spacial score (nSPS) is 10.8. The Kier molecular flexibility index (Phi) is 3.09. The highest BCUT2D eigenvalue weighted by Gasteiger charge is 2.11. The Morgan fingerprint density at radius 1 is 1.21 bits per heavy atom. The van der Waals surface area contributed by atoms with Crippen LogP contribution in [0.25, 0.3) is 10.2 Å². The lowest BCUT2D eigenvalue weighted by molar-refractivity contribution is 0.0992. The number of benzene rings is 1. The lowest BCUT2D eigenvalue weighted by Crippen LogP contribution is -2.03. The number of nitrogens with zero attached hydrogens (tertiary/aromatic N) is 2. The molecule has 0 aliphatic carbocycles. The standard InChI is InChI=1S/C15H12N2OS/c1-10-6-7-11(9-16-10)13(18)8-15-17-12-4-2-3-5-14(12)19-15/h2-7,9H,8H2,1H3. The van der Waals surface area contributed by atoms with Gasteiger partial charge in [-0.3, -0.25) is 9.78 Å². The topological polar surface area (TPSA) is 42.9 Å². The van der Waals surface area contributed by atoms with Gasteiger partial charge in [-0.25, -0.2) is 4.98 Å². The minimum absolute atomic E-state index is 0.0616. The van der Waals surface area contributed by atoms with Crippen molar-refractivity contribution in [1.82, 2.24) is 9.97 Å². The van der Waals surface area contributed by atoms with E-state index in [1.165, 1.54) is 0 Å². The maximum absolute atomic E-state index is 12.1. The highest BCUT2D eigenvalue weighted by molar-refractivity contribution is 7.18. The Bertz CT molecular complexity index is 698. The van der Waals surface area contributed by atoms with E-state index in [0.29, 0.717) is 12.0 Å². The Balaban J connectivity index is 1.84. The van der Waals surface area contributed by atoms with Crippen LogP contribution in [-0.4, -0.2) is 15.8 Å². The molecule has 0 radical (unpaired) electrons. The average Bonchev–Trinajstić information content (AvgIpc) is 2.81. The van der Waals surface area contributed by atoms with Gasteiger partial charge in [0.1, 0.15) is 5.01 Å². The predicted molar refractivity (Wildman–Crippen MR) is 76.6 cm³/mol. The number of carbonyl (C=O) groups is 1. The number of fused-ring (bicyclic) bond motifs is 1. The largest absolute Gasteiger partial charge is 0.294 e. The molecule has 1 aromatic carbocycles. The number of carbonyl (C=O) groups excluding carboxylic acids is 1. The van der Waals surface area contributed by atoms with Crippen LogP contribution < -0.4 is 0 Å². The lowest BCUT2D eigenvalue weighted by Gasteiger charge is -1.98. The fourth-order valence-electron chi connectivity index (χ4n) is 1.87. The molecular formula is C15H12N2OS. The number of aryl methyl sites for hydroxylation is 1. The predicted octanol–water partition coefficient (Wildman–Crippen LogP) is 3.43. The summed E-state index contributed by atoms with van der Waals surface area (Å²) < 4.78 is 1.12. The van der Waals surface area contributed by atoms with E-state index in [9.17, 15) is 4.79 Å². The van der Waals surface area contributed by atoms with Crippen molar-refractivity contribution in [3.8, 4) is 0 Å². The molecule has 0 aliphatic rings. The summed E-state index contributed by atoms with van der Waals surface area (Å²) >= 11 is 1.57. The summed E-state index contributed by atoms with van der Waals surface area (Å²) in [6.07, 6.45) is 1.97. The smallest absolute Gasteiger partial charge is 0.171 e. The number of thiazole rings is 1. The monoisotopic (exact) mass is 268 g/mol. The number of hydrogen-bond donors (Lipinski definition) is 0. The van der Waals surface area contributed by atoms with Crippen LogP contribution in [0.15, 0.2) is 42.6 Å². The first-order chi connectivity index (χ1) is 9.22. The van der Waals surface area contributed by atoms with Crippen molar-refractivity contribution >= 4 is 27.3 Å². The second-order valence-electron chi connectivity index (χ2n) is 4.36. The van der Waals surface area contributed by atoms with Crippen molar-refractivity contribution < 1.29 is 4.79 Å². The van der Waals surface area contributed by atoms with Gasteiger partial charge >= 0.3 is 0 Å². The molecule has 0 spiro atoms. The fraction of sp³-hybridized carbons (Fsp3) is 0.133. The molecule has 0 fully saturated rings. The van der Waals surface area contributed by atoms with Crippen molar-refractivity contribution in [2.24, 2.45) is 0 Å². The summed E-state index contributed by atoms with van der Waals surface area (Å²) in [6.45, 7) is 1.90. The summed E-state index contributed by atoms with van der Waals surface area (Å²) in [6, 6.07) is 11.6. The van der Waals surface area contributed by atoms with Crippen molar-refractivity contribution in [3.63, 3.8) is 0 Å². The SMILES string of the molecule is Cc1ccc(C(=O)Cc2nc3ccccc3s2)cn1. The van der Waals surface area contributed by atoms with Gasteiger partial charge < -0.3 is 0 Å². The van der Waals surface area contributed by atoms with Crippen LogP contribution in [0.4, 0.5) is 0 Å². The molecule has 3 rings (SSSR count). The number of para-hydroxylation sites is 1. The summed E-state index contributed by atoms with van der Waals surface area (Å²) in [5, 5.41) is 0.853. The van der Waals surface area contributed by atoms with Crippen molar-refractivity contribution in [2.45, 2.75) is 13.3 Å². The minimum atomic E-state index is 0.0616. The lowest BCUT2D eigenvalue weighted by atomic mass is 10.1. The van der Waals surface area contributed by atoms with Crippen LogP contribution in [0, 0.1) is 6.92 Å². The van der Waals surface area contributed by atoms with E-state index in [-0.39, 0.29) is 5.78 Å². The molecule has 0 atom stereocenters. The Morgan fingerprint density at radius 2 is 2.05 bits per heavy atom. The first-order valence-corrected chi connectivity index (χ1v) is 6.84. The Labute approximate surface area is 115 Å². The van der Waals surface area contributed by atoms with Gasteiger partial charge in [0, 0.05) is 17.5 Å². The zero-order valence-corrected chi connectivity index (χ0v) is 11.3. The van der Waals surface area contributed by atoms with E-state index in [1.807, 2.05) is 43.3 Å². The molecule has 0 unspecified atom stereocenters.